The summed E-state index contributed by atoms with van der Waals surface area (Å²) in [4.78, 5) is 4.59. The van der Waals surface area contributed by atoms with Gasteiger partial charge in [0.25, 0.3) is 0 Å². The van der Waals surface area contributed by atoms with Crippen molar-refractivity contribution in [2.45, 2.75) is 6.92 Å². The molecule has 0 aliphatic rings. The van der Waals surface area contributed by atoms with E-state index >= 15 is 0 Å². The highest BCUT2D eigenvalue weighted by Gasteiger charge is 1.99. The van der Waals surface area contributed by atoms with Crippen LogP contribution in [0.2, 0.25) is 0 Å². The first-order valence-electron chi connectivity index (χ1n) is 5.95. The Morgan fingerprint density at radius 3 is 2.53 bits per heavy atom. The van der Waals surface area contributed by atoms with E-state index < -0.39 is 0 Å². The lowest BCUT2D eigenvalue weighted by Crippen LogP contribution is -2.09. The molecule has 0 unspecified atom stereocenters. The summed E-state index contributed by atoms with van der Waals surface area (Å²) in [6, 6.07) is 11.4. The van der Waals surface area contributed by atoms with Crippen LogP contribution in [0.25, 0.3) is 0 Å². The maximum atomic E-state index is 5.52. The molecule has 0 bridgehead atoms. The highest BCUT2D eigenvalue weighted by atomic mass is 32.1. The van der Waals surface area contributed by atoms with E-state index in [2.05, 4.69) is 10.3 Å². The van der Waals surface area contributed by atoms with Crippen LogP contribution in [0.3, 0.4) is 0 Å². The molecule has 0 saturated carbocycles. The van der Waals surface area contributed by atoms with Gasteiger partial charge in [-0.25, -0.2) is 4.98 Å². The van der Waals surface area contributed by atoms with E-state index in [0.717, 1.165) is 22.8 Å². The summed E-state index contributed by atoms with van der Waals surface area (Å²) in [5.41, 5.74) is 7.22. The van der Waals surface area contributed by atoms with Gasteiger partial charge in [-0.1, -0.05) is 12.2 Å². The average molecular weight is 273 g/mol. The summed E-state index contributed by atoms with van der Waals surface area (Å²) in [7, 11) is 0. The number of pyridine rings is 1. The van der Waals surface area contributed by atoms with Gasteiger partial charge >= 0.3 is 0 Å². The van der Waals surface area contributed by atoms with Crippen molar-refractivity contribution >= 4 is 28.7 Å². The first kappa shape index (κ1) is 13.3. The number of nitrogens with two attached hydrogens (primary N) is 1. The van der Waals surface area contributed by atoms with Gasteiger partial charge in [-0.2, -0.15) is 0 Å². The number of ether oxygens (including phenoxy) is 1. The Labute approximate surface area is 117 Å². The van der Waals surface area contributed by atoms with Crippen LogP contribution in [-0.2, 0) is 0 Å². The van der Waals surface area contributed by atoms with E-state index in [-0.39, 0.29) is 0 Å². The Kier molecular flexibility index (Phi) is 4.30. The predicted molar refractivity (Wildman–Crippen MR) is 81.0 cm³/mol. The maximum absolute atomic E-state index is 5.52. The average Bonchev–Trinajstić information content (AvgIpc) is 2.42. The number of hydrogen-bond acceptors (Lipinski definition) is 4. The van der Waals surface area contributed by atoms with Crippen molar-refractivity contribution in [3.8, 4) is 5.75 Å². The van der Waals surface area contributed by atoms with Crippen LogP contribution in [0.4, 0.5) is 11.5 Å². The molecule has 19 heavy (non-hydrogen) atoms. The summed E-state index contributed by atoms with van der Waals surface area (Å²) < 4.78 is 5.38. The molecule has 0 aliphatic heterocycles. The van der Waals surface area contributed by atoms with Gasteiger partial charge in [0.05, 0.1) is 6.61 Å². The lowest BCUT2D eigenvalue weighted by atomic mass is 10.2. The summed E-state index contributed by atoms with van der Waals surface area (Å²) in [5.74, 6) is 1.59. The zero-order valence-electron chi connectivity index (χ0n) is 10.6. The summed E-state index contributed by atoms with van der Waals surface area (Å²) >= 11 is 4.88. The highest BCUT2D eigenvalue weighted by molar-refractivity contribution is 7.80. The molecule has 5 heteroatoms. The second-order valence-electron chi connectivity index (χ2n) is 3.88. The molecule has 3 N–H and O–H groups in total. The Morgan fingerprint density at radius 1 is 1.26 bits per heavy atom. The zero-order valence-corrected chi connectivity index (χ0v) is 11.4. The first-order chi connectivity index (χ1) is 9.19. The quantitative estimate of drug-likeness (QED) is 0.820. The van der Waals surface area contributed by atoms with Gasteiger partial charge in [0.1, 0.15) is 16.6 Å². The summed E-state index contributed by atoms with van der Waals surface area (Å²) in [6.45, 7) is 2.62. The topological polar surface area (TPSA) is 60.2 Å². The molecule has 0 atom stereocenters. The highest BCUT2D eigenvalue weighted by Crippen LogP contribution is 2.19. The van der Waals surface area contributed by atoms with Crippen LogP contribution < -0.4 is 15.8 Å². The number of nitrogens with one attached hydrogen (secondary N) is 1. The van der Waals surface area contributed by atoms with E-state index in [4.69, 9.17) is 22.7 Å². The molecule has 4 nitrogen and oxygen atoms in total. The van der Waals surface area contributed by atoms with Crippen molar-refractivity contribution in [2.24, 2.45) is 5.73 Å². The number of aromatic nitrogens is 1. The Hall–Kier alpha value is -2.14. The molecule has 0 radical (unpaired) electrons. The lowest BCUT2D eigenvalue weighted by molar-refractivity contribution is 0.340. The van der Waals surface area contributed by atoms with E-state index in [1.54, 1.807) is 6.20 Å². The fourth-order valence-electron chi connectivity index (χ4n) is 1.56. The largest absolute Gasteiger partial charge is 0.494 e. The van der Waals surface area contributed by atoms with E-state index in [1.807, 2.05) is 43.3 Å². The predicted octanol–water partition coefficient (Wildman–Crippen LogP) is 2.86. The van der Waals surface area contributed by atoms with Gasteiger partial charge in [0.2, 0.25) is 0 Å². The number of benzene rings is 1. The number of hydrogen-bond donors (Lipinski definition) is 2. The third-order valence-electron chi connectivity index (χ3n) is 2.49. The van der Waals surface area contributed by atoms with Crippen LogP contribution in [-0.4, -0.2) is 16.6 Å². The van der Waals surface area contributed by atoms with Gasteiger partial charge in [-0.05, 0) is 43.3 Å². The van der Waals surface area contributed by atoms with Crippen LogP contribution in [0, 0.1) is 0 Å². The normalized spacial score (nSPS) is 9.95. The van der Waals surface area contributed by atoms with Crippen LogP contribution in [0.5, 0.6) is 5.75 Å². The van der Waals surface area contributed by atoms with Crippen molar-refractivity contribution in [3.63, 3.8) is 0 Å². The zero-order chi connectivity index (χ0) is 13.7. The van der Waals surface area contributed by atoms with Crippen molar-refractivity contribution in [1.29, 1.82) is 0 Å². The molecule has 0 saturated heterocycles. The minimum absolute atomic E-state index is 0.347. The first-order valence-corrected chi connectivity index (χ1v) is 6.35. The SMILES string of the molecule is CCOc1ccc(Nc2ccc(C(N)=S)cn2)cc1. The fourth-order valence-corrected chi connectivity index (χ4v) is 1.68. The van der Waals surface area contributed by atoms with E-state index in [0.29, 0.717) is 11.6 Å². The van der Waals surface area contributed by atoms with Crippen molar-refractivity contribution in [3.05, 3.63) is 48.2 Å². The van der Waals surface area contributed by atoms with Crippen LogP contribution in [0.15, 0.2) is 42.6 Å². The van der Waals surface area contributed by atoms with Gasteiger partial charge in [-0.3, -0.25) is 0 Å². The Balaban J connectivity index is 2.06. The van der Waals surface area contributed by atoms with Gasteiger partial charge < -0.3 is 15.8 Å². The molecular weight excluding hydrogens is 258 g/mol. The molecule has 2 aromatic rings. The Bertz CT molecular complexity index is 552. The minimum atomic E-state index is 0.347. The lowest BCUT2D eigenvalue weighted by Gasteiger charge is -2.07. The smallest absolute Gasteiger partial charge is 0.130 e. The molecule has 98 valence electrons. The minimum Gasteiger partial charge on any atom is -0.494 e. The fraction of sp³-hybridized carbons (Fsp3) is 0.143. The number of rotatable bonds is 5. The van der Waals surface area contributed by atoms with Crippen LogP contribution >= 0.6 is 12.2 Å². The van der Waals surface area contributed by atoms with E-state index in [9.17, 15) is 0 Å². The second-order valence-corrected chi connectivity index (χ2v) is 4.32. The van der Waals surface area contributed by atoms with Gasteiger partial charge in [0, 0.05) is 17.4 Å². The molecule has 0 spiro atoms. The third kappa shape index (κ3) is 3.66. The van der Waals surface area contributed by atoms with Crippen molar-refractivity contribution in [2.75, 3.05) is 11.9 Å². The summed E-state index contributed by atoms with van der Waals surface area (Å²) in [6.07, 6.45) is 1.65. The van der Waals surface area contributed by atoms with Gasteiger partial charge in [0.15, 0.2) is 0 Å². The van der Waals surface area contributed by atoms with Crippen molar-refractivity contribution in [1.82, 2.24) is 4.98 Å². The maximum Gasteiger partial charge on any atom is 0.130 e. The van der Waals surface area contributed by atoms with Crippen LogP contribution in [0.1, 0.15) is 12.5 Å². The third-order valence-corrected chi connectivity index (χ3v) is 2.72. The molecule has 0 fully saturated rings. The number of anilines is 2. The van der Waals surface area contributed by atoms with E-state index in [1.165, 1.54) is 0 Å². The summed E-state index contributed by atoms with van der Waals surface area (Å²) in [5, 5.41) is 3.19. The van der Waals surface area contributed by atoms with Gasteiger partial charge in [-0.15, -0.1) is 0 Å². The number of nitrogens with zero attached hydrogens (tertiary/aromatic N) is 1. The molecule has 1 aromatic heterocycles. The monoisotopic (exact) mass is 273 g/mol. The molecule has 0 amide bonds. The van der Waals surface area contributed by atoms with Crippen molar-refractivity contribution < 1.29 is 4.74 Å². The standard InChI is InChI=1S/C14H15N3OS/c1-2-18-12-6-4-11(5-7-12)17-13-8-3-10(9-16-13)14(15)19/h3-9H,2H2,1H3,(H2,15,19)(H,16,17). The molecule has 2 rings (SSSR count). The number of thiocarbonyl (C=S) groups is 1. The second kappa shape index (κ2) is 6.15. The Morgan fingerprint density at radius 2 is 2.00 bits per heavy atom. The molecule has 1 heterocycles. The molecule has 1 aromatic carbocycles. The molecular formula is C14H15N3OS. The molecule has 0 aliphatic carbocycles.